The molecule has 0 spiro atoms. The summed E-state index contributed by atoms with van der Waals surface area (Å²) in [5, 5.41) is 38.4. The molecule has 0 aromatic rings. The van der Waals surface area contributed by atoms with Crippen LogP contribution in [0, 0.1) is 40.4 Å². The number of rotatable bonds is 6. The first kappa shape index (κ1) is 19.2. The number of aliphatic carboxylic acids is 4. The summed E-state index contributed by atoms with van der Waals surface area (Å²) in [4.78, 5) is 47.1. The lowest BCUT2D eigenvalue weighted by molar-refractivity contribution is -0.249. The average molecular weight is 356 g/mol. The average Bonchev–Trinajstić information content (AvgIpc) is 2.43. The molecule has 25 heavy (non-hydrogen) atoms. The van der Waals surface area contributed by atoms with Crippen LogP contribution in [0.2, 0.25) is 0 Å². The van der Waals surface area contributed by atoms with Crippen molar-refractivity contribution in [2.45, 2.75) is 40.0 Å². The fraction of sp³-hybridized carbons (Fsp3) is 0.765. The molecule has 0 aromatic heterocycles. The summed E-state index contributed by atoms with van der Waals surface area (Å²) in [5.74, 6) is -9.51. The maximum atomic E-state index is 12.1. The smallest absolute Gasteiger partial charge is 0.310 e. The summed E-state index contributed by atoms with van der Waals surface area (Å²) in [6.45, 7) is 5.17. The molecular weight excluding hydrogens is 332 g/mol. The van der Waals surface area contributed by atoms with Gasteiger partial charge in [-0.3, -0.25) is 19.2 Å². The van der Waals surface area contributed by atoms with Crippen LogP contribution in [0.5, 0.6) is 0 Å². The zero-order valence-electron chi connectivity index (χ0n) is 14.4. The Morgan fingerprint density at radius 2 is 1.48 bits per heavy atom. The molecule has 0 aromatic carbocycles. The van der Waals surface area contributed by atoms with E-state index in [2.05, 4.69) is 0 Å². The van der Waals surface area contributed by atoms with Gasteiger partial charge in [0, 0.05) is 0 Å². The molecule has 140 valence electrons. The van der Waals surface area contributed by atoms with Gasteiger partial charge in [-0.25, -0.2) is 0 Å². The molecule has 6 atom stereocenters. The monoisotopic (exact) mass is 356 g/mol. The zero-order chi connectivity index (χ0) is 19.3. The van der Waals surface area contributed by atoms with E-state index in [1.807, 2.05) is 0 Å². The highest BCUT2D eigenvalue weighted by Gasteiger charge is 2.77. The maximum Gasteiger partial charge on any atom is 0.310 e. The Labute approximate surface area is 144 Å². The highest BCUT2D eigenvalue weighted by atomic mass is 16.4. The molecule has 8 nitrogen and oxygen atoms in total. The van der Waals surface area contributed by atoms with Gasteiger partial charge in [-0.15, -0.1) is 0 Å². The highest BCUT2D eigenvalue weighted by Crippen LogP contribution is 2.72. The SMILES string of the molecule is CC(C)CC1(C(=O)O)C2CC(C(=O)O)C(C(=O)O)CC2(C)C1C(=O)O. The molecule has 2 saturated carbocycles. The lowest BCUT2D eigenvalue weighted by Gasteiger charge is -2.67. The van der Waals surface area contributed by atoms with Crippen LogP contribution in [-0.4, -0.2) is 44.3 Å². The van der Waals surface area contributed by atoms with Crippen molar-refractivity contribution in [2.24, 2.45) is 40.4 Å². The van der Waals surface area contributed by atoms with Gasteiger partial charge in [0.1, 0.15) is 0 Å². The van der Waals surface area contributed by atoms with Gasteiger partial charge in [-0.05, 0) is 36.5 Å². The maximum absolute atomic E-state index is 12.1. The van der Waals surface area contributed by atoms with Gasteiger partial charge in [0.15, 0.2) is 0 Å². The molecule has 2 aliphatic rings. The molecule has 2 aliphatic carbocycles. The summed E-state index contributed by atoms with van der Waals surface area (Å²) >= 11 is 0. The third kappa shape index (κ3) is 2.58. The number of carbonyl (C=O) groups is 4. The van der Waals surface area contributed by atoms with Gasteiger partial charge < -0.3 is 20.4 Å². The van der Waals surface area contributed by atoms with Crippen molar-refractivity contribution >= 4 is 23.9 Å². The summed E-state index contributed by atoms with van der Waals surface area (Å²) in [5.41, 5.74) is -2.61. The molecule has 0 heterocycles. The zero-order valence-corrected chi connectivity index (χ0v) is 14.4. The number of hydrogen-bond donors (Lipinski definition) is 4. The molecule has 0 radical (unpaired) electrons. The van der Waals surface area contributed by atoms with Gasteiger partial charge in [-0.2, -0.15) is 0 Å². The number of carboxylic acids is 4. The predicted molar refractivity (Wildman–Crippen MR) is 83.7 cm³/mol. The quantitative estimate of drug-likeness (QED) is 0.561. The molecular formula is C17H24O8. The Bertz CT molecular complexity index is 626. The largest absolute Gasteiger partial charge is 0.481 e. The number of hydrogen-bond acceptors (Lipinski definition) is 4. The van der Waals surface area contributed by atoms with Crippen molar-refractivity contribution < 1.29 is 39.6 Å². The number of carboxylic acid groups (broad SMARTS) is 4. The van der Waals surface area contributed by atoms with Gasteiger partial charge >= 0.3 is 23.9 Å². The van der Waals surface area contributed by atoms with E-state index in [-0.39, 0.29) is 25.2 Å². The third-order valence-corrected chi connectivity index (χ3v) is 6.25. The Kier molecular flexibility index (Phi) is 4.61. The summed E-state index contributed by atoms with van der Waals surface area (Å²) in [7, 11) is 0. The Balaban J connectivity index is 2.56. The van der Waals surface area contributed by atoms with Crippen LogP contribution in [0.15, 0.2) is 0 Å². The van der Waals surface area contributed by atoms with E-state index in [1.165, 1.54) is 0 Å². The molecule has 8 heteroatoms. The van der Waals surface area contributed by atoms with Crippen molar-refractivity contribution in [3.05, 3.63) is 0 Å². The summed E-state index contributed by atoms with van der Waals surface area (Å²) in [6.07, 6.45) is -0.163. The predicted octanol–water partition coefficient (Wildman–Crippen LogP) is 1.64. The highest BCUT2D eigenvalue weighted by molar-refractivity contribution is 5.89. The second kappa shape index (κ2) is 6.00. The van der Waals surface area contributed by atoms with Crippen LogP contribution in [0.4, 0.5) is 0 Å². The van der Waals surface area contributed by atoms with Crippen molar-refractivity contribution in [2.75, 3.05) is 0 Å². The topological polar surface area (TPSA) is 149 Å². The van der Waals surface area contributed by atoms with Crippen LogP contribution >= 0.6 is 0 Å². The summed E-state index contributed by atoms with van der Waals surface area (Å²) in [6, 6.07) is 0. The molecule has 4 N–H and O–H groups in total. The van der Waals surface area contributed by atoms with Crippen LogP contribution in [0.1, 0.15) is 40.0 Å². The first-order valence-corrected chi connectivity index (χ1v) is 8.31. The third-order valence-electron chi connectivity index (χ3n) is 6.25. The first-order valence-electron chi connectivity index (χ1n) is 8.31. The molecule has 2 rings (SSSR count). The van der Waals surface area contributed by atoms with E-state index in [1.54, 1.807) is 20.8 Å². The standard InChI is InChI=1S/C17H24O8/c1-7(2)5-17(15(24)25)10-4-8(12(18)19)9(13(20)21)6-16(10,3)11(17)14(22)23/h7-11H,4-6H2,1-3H3,(H,18,19)(H,20,21)(H,22,23)(H,24,25). The lowest BCUT2D eigenvalue weighted by atomic mass is 9.33. The van der Waals surface area contributed by atoms with E-state index in [0.29, 0.717) is 0 Å². The molecule has 0 saturated heterocycles. The normalized spacial score (nSPS) is 40.0. The van der Waals surface area contributed by atoms with Gasteiger partial charge in [-0.1, -0.05) is 20.8 Å². The molecule has 6 unspecified atom stereocenters. The fourth-order valence-electron chi connectivity index (χ4n) is 5.59. The Hall–Kier alpha value is -2.12. The van der Waals surface area contributed by atoms with Crippen molar-refractivity contribution in [1.82, 2.24) is 0 Å². The van der Waals surface area contributed by atoms with Gasteiger partial charge in [0.2, 0.25) is 0 Å². The van der Waals surface area contributed by atoms with Crippen molar-refractivity contribution in [1.29, 1.82) is 0 Å². The van der Waals surface area contributed by atoms with E-state index < -0.39 is 58.4 Å². The molecule has 0 amide bonds. The minimum absolute atomic E-state index is 0.0945. The van der Waals surface area contributed by atoms with Crippen LogP contribution in [0.25, 0.3) is 0 Å². The van der Waals surface area contributed by atoms with Crippen LogP contribution in [-0.2, 0) is 19.2 Å². The van der Waals surface area contributed by atoms with E-state index in [4.69, 9.17) is 0 Å². The van der Waals surface area contributed by atoms with Crippen molar-refractivity contribution in [3.63, 3.8) is 0 Å². The second-order valence-corrected chi connectivity index (χ2v) is 8.10. The van der Waals surface area contributed by atoms with Gasteiger partial charge in [0.05, 0.1) is 23.2 Å². The minimum atomic E-state index is -1.56. The molecule has 2 fully saturated rings. The Morgan fingerprint density at radius 3 is 1.84 bits per heavy atom. The first-order chi connectivity index (χ1) is 11.4. The lowest BCUT2D eigenvalue weighted by Crippen LogP contribution is -2.72. The van der Waals surface area contributed by atoms with Crippen LogP contribution < -0.4 is 0 Å². The van der Waals surface area contributed by atoms with E-state index in [0.717, 1.165) is 0 Å². The van der Waals surface area contributed by atoms with Gasteiger partial charge in [0.25, 0.3) is 0 Å². The molecule has 0 bridgehead atoms. The van der Waals surface area contributed by atoms with Crippen molar-refractivity contribution in [3.8, 4) is 0 Å². The fourth-order valence-corrected chi connectivity index (χ4v) is 5.59. The van der Waals surface area contributed by atoms with E-state index in [9.17, 15) is 39.6 Å². The minimum Gasteiger partial charge on any atom is -0.481 e. The second-order valence-electron chi connectivity index (χ2n) is 8.10. The Morgan fingerprint density at radius 1 is 0.960 bits per heavy atom. The number of fused-ring (bicyclic) bond motifs is 1. The summed E-state index contributed by atoms with van der Waals surface area (Å²) < 4.78 is 0. The van der Waals surface area contributed by atoms with E-state index >= 15 is 0 Å². The molecule has 0 aliphatic heterocycles. The van der Waals surface area contributed by atoms with Crippen LogP contribution in [0.3, 0.4) is 0 Å².